The van der Waals surface area contributed by atoms with Crippen LogP contribution >= 0.6 is 11.8 Å². The van der Waals surface area contributed by atoms with E-state index in [0.29, 0.717) is 31.6 Å². The molecule has 222 valence electrons. The summed E-state index contributed by atoms with van der Waals surface area (Å²) in [4.78, 5) is 39.9. The largest absolute Gasteiger partial charge is 0.339 e. The molecule has 43 heavy (non-hydrogen) atoms. The number of hydrogen-bond donors (Lipinski definition) is 0. The smallest absolute Gasteiger partial charge is 0.269 e. The molecule has 11 heteroatoms. The minimum Gasteiger partial charge on any atom is -0.339 e. The number of aromatic nitrogens is 3. The second kappa shape index (κ2) is 13.6. The van der Waals surface area contributed by atoms with E-state index in [0.717, 1.165) is 40.8 Å². The van der Waals surface area contributed by atoms with Gasteiger partial charge in [-0.3, -0.25) is 24.3 Å². The van der Waals surface area contributed by atoms with Crippen molar-refractivity contribution in [1.29, 1.82) is 0 Å². The van der Waals surface area contributed by atoms with Gasteiger partial charge in [0.2, 0.25) is 5.91 Å². The maximum absolute atomic E-state index is 13.0. The van der Waals surface area contributed by atoms with Gasteiger partial charge < -0.3 is 9.80 Å². The van der Waals surface area contributed by atoms with Crippen molar-refractivity contribution in [3.05, 3.63) is 100 Å². The summed E-state index contributed by atoms with van der Waals surface area (Å²) in [5.74, 6) is 1.51. The topological polar surface area (TPSA) is 114 Å². The summed E-state index contributed by atoms with van der Waals surface area (Å²) in [6, 6.07) is 23.8. The highest BCUT2D eigenvalue weighted by Crippen LogP contribution is 2.29. The van der Waals surface area contributed by atoms with Crippen LogP contribution in [0, 0.1) is 17.0 Å². The number of piperazine rings is 1. The average molecular weight is 599 g/mol. The van der Waals surface area contributed by atoms with Gasteiger partial charge >= 0.3 is 0 Å². The molecule has 0 spiro atoms. The zero-order chi connectivity index (χ0) is 30.3. The van der Waals surface area contributed by atoms with Gasteiger partial charge in [-0.2, -0.15) is 0 Å². The van der Waals surface area contributed by atoms with Crippen molar-refractivity contribution in [2.75, 3.05) is 25.4 Å². The Balaban J connectivity index is 1.12. The SMILES string of the molecule is Cc1ccc(-n2c(SCCCCC(=O)N3CCN(C(=O)c4ccc([N+](=O)[O-])cc4)C(C)C3)nnc2-c2ccccc2)cc1. The monoisotopic (exact) mass is 598 g/mol. The normalized spacial score (nSPS) is 15.0. The summed E-state index contributed by atoms with van der Waals surface area (Å²) in [6.07, 6.45) is 2.06. The molecular weight excluding hydrogens is 564 g/mol. The zero-order valence-electron chi connectivity index (χ0n) is 24.3. The van der Waals surface area contributed by atoms with E-state index in [1.54, 1.807) is 16.7 Å². The van der Waals surface area contributed by atoms with Gasteiger partial charge in [-0.25, -0.2) is 0 Å². The molecule has 1 saturated heterocycles. The first kappa shape index (κ1) is 30.0. The van der Waals surface area contributed by atoms with Crippen molar-refractivity contribution in [3.8, 4) is 17.1 Å². The molecule has 1 fully saturated rings. The Labute approximate surface area is 254 Å². The third-order valence-electron chi connectivity index (χ3n) is 7.54. The van der Waals surface area contributed by atoms with E-state index in [4.69, 9.17) is 0 Å². The first-order valence-electron chi connectivity index (χ1n) is 14.4. The van der Waals surface area contributed by atoms with Gasteiger partial charge in [0.1, 0.15) is 0 Å². The van der Waals surface area contributed by atoms with E-state index >= 15 is 0 Å². The van der Waals surface area contributed by atoms with Gasteiger partial charge in [-0.15, -0.1) is 10.2 Å². The number of rotatable bonds is 10. The fourth-order valence-electron chi connectivity index (χ4n) is 5.14. The number of unbranched alkanes of at least 4 members (excludes halogenated alkanes) is 1. The summed E-state index contributed by atoms with van der Waals surface area (Å²) in [7, 11) is 0. The Hall–Kier alpha value is -4.51. The summed E-state index contributed by atoms with van der Waals surface area (Å²) in [5.41, 5.74) is 3.54. The molecule has 0 saturated carbocycles. The van der Waals surface area contributed by atoms with Gasteiger partial charge in [0, 0.05) is 66.8 Å². The van der Waals surface area contributed by atoms with Crippen LogP contribution in [0.5, 0.6) is 0 Å². The fraction of sp³-hybridized carbons (Fsp3) is 0.312. The molecule has 1 unspecified atom stereocenters. The predicted octanol–water partition coefficient (Wildman–Crippen LogP) is 5.79. The number of carbonyl (C=O) groups excluding carboxylic acids is 2. The number of aryl methyl sites for hydroxylation is 1. The predicted molar refractivity (Wildman–Crippen MR) is 166 cm³/mol. The Morgan fingerprint density at radius 2 is 1.67 bits per heavy atom. The Kier molecular flexibility index (Phi) is 9.51. The van der Waals surface area contributed by atoms with Crippen LogP contribution in [0.1, 0.15) is 42.1 Å². The molecule has 1 atom stereocenters. The summed E-state index contributed by atoms with van der Waals surface area (Å²) in [5, 5.41) is 20.7. The lowest BCUT2D eigenvalue weighted by Gasteiger charge is -2.40. The molecule has 5 rings (SSSR count). The molecule has 2 amide bonds. The molecule has 1 aliphatic rings. The minimum atomic E-state index is -0.487. The Bertz CT molecular complexity index is 1570. The quantitative estimate of drug-likeness (QED) is 0.0983. The lowest BCUT2D eigenvalue weighted by Crippen LogP contribution is -2.55. The Morgan fingerprint density at radius 1 is 0.953 bits per heavy atom. The fourth-order valence-corrected chi connectivity index (χ4v) is 6.09. The second-order valence-corrected chi connectivity index (χ2v) is 11.7. The standard InChI is InChI=1S/C32H34N6O4S/c1-23-11-15-27(16-12-23)37-30(25-8-4-3-5-9-25)33-34-32(37)43-21-7-6-10-29(39)35-19-20-36(24(2)22-35)31(40)26-13-17-28(18-14-26)38(41)42/h3-5,8-9,11-18,24H,6-7,10,19-22H2,1-2H3. The number of nitro benzene ring substituents is 1. The van der Waals surface area contributed by atoms with Crippen LogP contribution in [0.2, 0.25) is 0 Å². The molecule has 0 N–H and O–H groups in total. The number of carbonyl (C=O) groups is 2. The van der Waals surface area contributed by atoms with Crippen LogP contribution in [0.3, 0.4) is 0 Å². The lowest BCUT2D eigenvalue weighted by atomic mass is 10.1. The van der Waals surface area contributed by atoms with Crippen LogP contribution in [0.25, 0.3) is 17.1 Å². The van der Waals surface area contributed by atoms with Gasteiger partial charge in [0.05, 0.1) is 4.92 Å². The molecule has 3 aromatic carbocycles. The minimum absolute atomic E-state index is 0.0523. The number of hydrogen-bond acceptors (Lipinski definition) is 7. The highest BCUT2D eigenvalue weighted by Gasteiger charge is 2.30. The molecule has 4 aromatic rings. The number of thioether (sulfide) groups is 1. The lowest BCUT2D eigenvalue weighted by molar-refractivity contribution is -0.384. The average Bonchev–Trinajstić information content (AvgIpc) is 3.45. The summed E-state index contributed by atoms with van der Waals surface area (Å²) < 4.78 is 2.09. The van der Waals surface area contributed by atoms with Gasteiger partial charge in [-0.1, -0.05) is 59.8 Å². The molecule has 0 radical (unpaired) electrons. The third kappa shape index (κ3) is 7.11. The molecule has 1 aromatic heterocycles. The summed E-state index contributed by atoms with van der Waals surface area (Å²) >= 11 is 1.64. The Morgan fingerprint density at radius 3 is 2.35 bits per heavy atom. The number of amides is 2. The van der Waals surface area contributed by atoms with Crippen molar-refractivity contribution in [1.82, 2.24) is 24.6 Å². The van der Waals surface area contributed by atoms with Crippen molar-refractivity contribution in [2.45, 2.75) is 44.3 Å². The molecule has 1 aliphatic heterocycles. The molecule has 0 bridgehead atoms. The highest BCUT2D eigenvalue weighted by molar-refractivity contribution is 7.99. The van der Waals surface area contributed by atoms with Gasteiger partial charge in [0.25, 0.3) is 11.6 Å². The number of nitro groups is 1. The van der Waals surface area contributed by atoms with E-state index in [2.05, 4.69) is 46.0 Å². The first-order valence-corrected chi connectivity index (χ1v) is 15.3. The molecule has 10 nitrogen and oxygen atoms in total. The van der Waals surface area contributed by atoms with Crippen LogP contribution in [0.15, 0.2) is 84.0 Å². The van der Waals surface area contributed by atoms with Crippen molar-refractivity contribution in [2.24, 2.45) is 0 Å². The molecular formula is C32H34N6O4S. The van der Waals surface area contributed by atoms with Crippen LogP contribution in [-0.2, 0) is 4.79 Å². The second-order valence-electron chi connectivity index (χ2n) is 10.6. The maximum Gasteiger partial charge on any atom is 0.269 e. The first-order chi connectivity index (χ1) is 20.8. The number of benzene rings is 3. The van der Waals surface area contributed by atoms with E-state index in [9.17, 15) is 19.7 Å². The zero-order valence-corrected chi connectivity index (χ0v) is 25.1. The molecule has 2 heterocycles. The number of non-ortho nitro benzene ring substituents is 1. The maximum atomic E-state index is 13.0. The molecule has 0 aliphatic carbocycles. The van der Waals surface area contributed by atoms with Crippen molar-refractivity contribution < 1.29 is 14.5 Å². The van der Waals surface area contributed by atoms with E-state index in [1.165, 1.54) is 29.8 Å². The van der Waals surface area contributed by atoms with Gasteiger partial charge in [-0.05, 0) is 51.0 Å². The summed E-state index contributed by atoms with van der Waals surface area (Å²) in [6.45, 7) is 5.35. The van der Waals surface area contributed by atoms with E-state index in [1.807, 2.05) is 42.2 Å². The van der Waals surface area contributed by atoms with Crippen LogP contribution in [0.4, 0.5) is 5.69 Å². The van der Waals surface area contributed by atoms with Crippen molar-refractivity contribution in [3.63, 3.8) is 0 Å². The number of nitrogens with zero attached hydrogens (tertiary/aromatic N) is 6. The van der Waals surface area contributed by atoms with Crippen molar-refractivity contribution >= 4 is 29.3 Å². The third-order valence-corrected chi connectivity index (χ3v) is 8.56. The van der Waals surface area contributed by atoms with Crippen LogP contribution in [-0.4, -0.2) is 72.7 Å². The van der Waals surface area contributed by atoms with Crippen LogP contribution < -0.4 is 0 Å². The highest BCUT2D eigenvalue weighted by atomic mass is 32.2. The van der Waals surface area contributed by atoms with E-state index < -0.39 is 4.92 Å². The van der Waals surface area contributed by atoms with E-state index in [-0.39, 0.29) is 23.5 Å². The van der Waals surface area contributed by atoms with Gasteiger partial charge in [0.15, 0.2) is 11.0 Å².